The van der Waals surface area contributed by atoms with Gasteiger partial charge in [0.25, 0.3) is 0 Å². The summed E-state index contributed by atoms with van der Waals surface area (Å²) in [6.45, 7) is 0. The third-order valence-corrected chi connectivity index (χ3v) is 9.91. The van der Waals surface area contributed by atoms with Crippen LogP contribution >= 0.6 is 0 Å². The molecular weight excluding hydrogens is 579 g/mol. The van der Waals surface area contributed by atoms with E-state index < -0.39 is 5.41 Å². The predicted molar refractivity (Wildman–Crippen MR) is 201 cm³/mol. The van der Waals surface area contributed by atoms with E-state index in [0.717, 1.165) is 11.4 Å². The minimum Gasteiger partial charge on any atom is -0.310 e. The molecule has 0 fully saturated rings. The van der Waals surface area contributed by atoms with Gasteiger partial charge in [-0.2, -0.15) is 0 Å². The molecule has 0 atom stereocenters. The number of fused-ring (bicyclic) bond motifs is 5. The number of benzene rings is 8. The van der Waals surface area contributed by atoms with Crippen molar-refractivity contribution < 1.29 is 0 Å². The third-order valence-electron chi connectivity index (χ3n) is 9.91. The highest BCUT2D eigenvalue weighted by molar-refractivity contribution is 6.07. The van der Waals surface area contributed by atoms with Crippen LogP contribution in [0.2, 0.25) is 0 Å². The Balaban J connectivity index is 1.40. The van der Waals surface area contributed by atoms with Crippen molar-refractivity contribution >= 4 is 27.8 Å². The van der Waals surface area contributed by atoms with E-state index in [-0.39, 0.29) is 0 Å². The molecule has 0 amide bonds. The molecule has 1 nitrogen and oxygen atoms in total. The first-order valence-electron chi connectivity index (χ1n) is 16.6. The topological polar surface area (TPSA) is 3.24 Å². The molecule has 1 aliphatic rings. The van der Waals surface area contributed by atoms with Crippen molar-refractivity contribution in [3.05, 3.63) is 222 Å². The lowest BCUT2D eigenvalue weighted by molar-refractivity contribution is 0.775. The molecule has 0 radical (unpaired) electrons. The maximum atomic E-state index is 2.45. The van der Waals surface area contributed by atoms with Gasteiger partial charge in [-0.05, 0) is 80.0 Å². The average molecular weight is 612 g/mol. The van der Waals surface area contributed by atoms with Crippen LogP contribution in [0.4, 0.5) is 17.1 Å². The van der Waals surface area contributed by atoms with Crippen molar-refractivity contribution in [1.82, 2.24) is 0 Å². The van der Waals surface area contributed by atoms with E-state index in [0.29, 0.717) is 0 Å². The summed E-state index contributed by atoms with van der Waals surface area (Å²) in [6, 6.07) is 73.0. The summed E-state index contributed by atoms with van der Waals surface area (Å²) in [7, 11) is 0. The first-order chi connectivity index (χ1) is 23.8. The summed E-state index contributed by atoms with van der Waals surface area (Å²) in [4.78, 5) is 2.45. The van der Waals surface area contributed by atoms with Crippen molar-refractivity contribution in [3.63, 3.8) is 0 Å². The van der Waals surface area contributed by atoms with Gasteiger partial charge in [0.05, 0.1) is 11.1 Å². The van der Waals surface area contributed by atoms with Gasteiger partial charge in [-0.3, -0.25) is 0 Å². The summed E-state index contributed by atoms with van der Waals surface area (Å²) < 4.78 is 0. The molecule has 9 rings (SSSR count). The van der Waals surface area contributed by atoms with Crippen LogP contribution in [0.1, 0.15) is 22.3 Å². The van der Waals surface area contributed by atoms with Gasteiger partial charge in [0.1, 0.15) is 0 Å². The Morgan fingerprint density at radius 3 is 1.56 bits per heavy atom. The van der Waals surface area contributed by atoms with Gasteiger partial charge >= 0.3 is 0 Å². The zero-order chi connectivity index (χ0) is 31.9. The molecule has 0 unspecified atom stereocenters. The van der Waals surface area contributed by atoms with E-state index in [4.69, 9.17) is 0 Å². The highest BCUT2D eigenvalue weighted by atomic mass is 15.1. The van der Waals surface area contributed by atoms with Crippen molar-refractivity contribution in [3.8, 4) is 22.3 Å². The first-order valence-corrected chi connectivity index (χ1v) is 16.6. The lowest BCUT2D eigenvalue weighted by Crippen LogP contribution is -2.29. The van der Waals surface area contributed by atoms with E-state index in [1.165, 1.54) is 61.0 Å². The van der Waals surface area contributed by atoms with Crippen LogP contribution in [0.3, 0.4) is 0 Å². The quantitative estimate of drug-likeness (QED) is 0.181. The maximum absolute atomic E-state index is 2.45. The average Bonchev–Trinajstić information content (AvgIpc) is 3.49. The van der Waals surface area contributed by atoms with Crippen LogP contribution < -0.4 is 4.90 Å². The summed E-state index contributed by atoms with van der Waals surface area (Å²) >= 11 is 0. The number of hydrogen-bond acceptors (Lipinski definition) is 1. The molecule has 1 aliphatic carbocycles. The normalized spacial score (nSPS) is 12.8. The molecule has 8 aromatic rings. The van der Waals surface area contributed by atoms with Crippen LogP contribution in [0, 0.1) is 0 Å². The van der Waals surface area contributed by atoms with Crippen LogP contribution in [0.5, 0.6) is 0 Å². The lowest BCUT2D eigenvalue weighted by atomic mass is 9.66. The number of anilines is 3. The Hall–Kier alpha value is -6.18. The Kier molecular flexibility index (Phi) is 6.76. The van der Waals surface area contributed by atoms with Crippen molar-refractivity contribution in [1.29, 1.82) is 0 Å². The number of rotatable bonds is 6. The van der Waals surface area contributed by atoms with Gasteiger partial charge in [-0.15, -0.1) is 0 Å². The van der Waals surface area contributed by atoms with E-state index in [2.05, 4.69) is 205 Å². The van der Waals surface area contributed by atoms with Gasteiger partial charge in [0, 0.05) is 16.9 Å². The molecule has 8 aromatic carbocycles. The third kappa shape index (κ3) is 4.32. The molecule has 0 aromatic heterocycles. The van der Waals surface area contributed by atoms with Crippen LogP contribution in [-0.4, -0.2) is 0 Å². The molecule has 1 heteroatoms. The number of para-hydroxylation sites is 1. The van der Waals surface area contributed by atoms with E-state index in [1.807, 2.05) is 0 Å². The second kappa shape index (κ2) is 11.6. The molecule has 0 saturated carbocycles. The summed E-state index contributed by atoms with van der Waals surface area (Å²) in [5.41, 5.74) is 13.0. The molecule has 226 valence electrons. The monoisotopic (exact) mass is 611 g/mol. The van der Waals surface area contributed by atoms with E-state index in [1.54, 1.807) is 0 Å². The summed E-state index contributed by atoms with van der Waals surface area (Å²) in [5, 5.41) is 2.49. The van der Waals surface area contributed by atoms with Gasteiger partial charge < -0.3 is 4.90 Å². The van der Waals surface area contributed by atoms with Crippen LogP contribution in [0.15, 0.2) is 200 Å². The van der Waals surface area contributed by atoms with Gasteiger partial charge in [0.2, 0.25) is 0 Å². The summed E-state index contributed by atoms with van der Waals surface area (Å²) in [6.07, 6.45) is 0. The molecule has 0 bridgehead atoms. The highest BCUT2D eigenvalue weighted by Crippen LogP contribution is 2.61. The lowest BCUT2D eigenvalue weighted by Gasteiger charge is -2.35. The van der Waals surface area contributed by atoms with Gasteiger partial charge in [-0.25, -0.2) is 0 Å². The minimum absolute atomic E-state index is 0.510. The van der Waals surface area contributed by atoms with Gasteiger partial charge in [0.15, 0.2) is 0 Å². The SMILES string of the molecule is c1ccc(-c2ccc(N(c3ccccc3)c3cc4ccccc4c4c3-c3ccccc3C4(c3ccccc3)c3ccccc3)cc2)cc1. The molecule has 0 N–H and O–H groups in total. The Bertz CT molecular complexity index is 2320. The first kappa shape index (κ1) is 28.1. The van der Waals surface area contributed by atoms with Crippen LogP contribution in [0.25, 0.3) is 33.0 Å². The Labute approximate surface area is 282 Å². The maximum Gasteiger partial charge on any atom is 0.0720 e. The molecule has 0 spiro atoms. The fraction of sp³-hybridized carbons (Fsp3) is 0.0213. The second-order valence-corrected chi connectivity index (χ2v) is 12.5. The summed E-state index contributed by atoms with van der Waals surface area (Å²) in [5.74, 6) is 0. The largest absolute Gasteiger partial charge is 0.310 e. The Morgan fingerprint density at radius 1 is 0.396 bits per heavy atom. The van der Waals surface area contributed by atoms with Crippen molar-refractivity contribution in [2.75, 3.05) is 4.90 Å². The highest BCUT2D eigenvalue weighted by Gasteiger charge is 2.48. The van der Waals surface area contributed by atoms with Crippen molar-refractivity contribution in [2.24, 2.45) is 0 Å². The van der Waals surface area contributed by atoms with Crippen molar-refractivity contribution in [2.45, 2.75) is 5.41 Å². The minimum atomic E-state index is -0.510. The molecule has 0 heterocycles. The van der Waals surface area contributed by atoms with E-state index >= 15 is 0 Å². The van der Waals surface area contributed by atoms with Gasteiger partial charge in [-0.1, -0.05) is 170 Å². The molecular formula is C47H33N. The fourth-order valence-electron chi connectivity index (χ4n) is 7.91. The standard InChI is InChI=1S/C47H33N/c1-5-17-34(18-6-1)35-29-31-40(32-30-35)48(39-24-11-4-12-25-39)44-33-36-19-13-14-26-41(36)46-45(44)42-27-15-16-28-43(42)47(46,37-20-7-2-8-21-37)38-22-9-3-10-23-38/h1-33H. The predicted octanol–water partition coefficient (Wildman–Crippen LogP) is 12.3. The zero-order valence-electron chi connectivity index (χ0n) is 26.5. The smallest absolute Gasteiger partial charge is 0.0720 e. The number of hydrogen-bond donors (Lipinski definition) is 0. The molecule has 48 heavy (non-hydrogen) atoms. The second-order valence-electron chi connectivity index (χ2n) is 12.5. The Morgan fingerprint density at radius 2 is 0.896 bits per heavy atom. The van der Waals surface area contributed by atoms with Crippen LogP contribution in [-0.2, 0) is 5.41 Å². The molecule has 0 aliphatic heterocycles. The molecule has 0 saturated heterocycles. The van der Waals surface area contributed by atoms with E-state index in [9.17, 15) is 0 Å². The zero-order valence-corrected chi connectivity index (χ0v) is 26.5. The number of nitrogens with zero attached hydrogens (tertiary/aromatic N) is 1. The fourth-order valence-corrected chi connectivity index (χ4v) is 7.91.